The number of carbonyl (C=O) groups excluding carboxylic acids is 2. The highest BCUT2D eigenvalue weighted by Gasteiger charge is 2.46. The van der Waals surface area contributed by atoms with Crippen molar-refractivity contribution in [1.82, 2.24) is 0 Å². The van der Waals surface area contributed by atoms with Crippen molar-refractivity contribution in [2.24, 2.45) is 11.8 Å². The number of ether oxygens (including phenoxy) is 1. The van der Waals surface area contributed by atoms with Crippen LogP contribution in [0.25, 0.3) is 10.1 Å². The van der Waals surface area contributed by atoms with Crippen molar-refractivity contribution in [2.45, 2.75) is 13.3 Å². The molecule has 1 saturated carbocycles. The number of ketones is 2. The van der Waals surface area contributed by atoms with Gasteiger partial charge in [-0.1, -0.05) is 0 Å². The van der Waals surface area contributed by atoms with Crippen LogP contribution < -0.4 is 4.74 Å². The average molecular weight is 353 g/mol. The summed E-state index contributed by atoms with van der Waals surface area (Å²) in [6, 6.07) is 5.79. The molecule has 2 atom stereocenters. The molecule has 3 rings (SSSR count). The number of rotatable bonds is 4. The van der Waals surface area contributed by atoms with Crippen LogP contribution in [0.3, 0.4) is 0 Å². The zero-order valence-electron chi connectivity index (χ0n) is 11.1. The minimum Gasteiger partial charge on any atom is -0.496 e. The summed E-state index contributed by atoms with van der Waals surface area (Å²) < 4.78 is 7.16. The van der Waals surface area contributed by atoms with E-state index in [0.717, 1.165) is 25.2 Å². The first kappa shape index (κ1) is 13.8. The quantitative estimate of drug-likeness (QED) is 0.778. The summed E-state index contributed by atoms with van der Waals surface area (Å²) in [6.45, 7) is 1.56. The van der Waals surface area contributed by atoms with Gasteiger partial charge in [0.1, 0.15) is 11.5 Å². The van der Waals surface area contributed by atoms with Crippen molar-refractivity contribution in [3.8, 4) is 5.75 Å². The van der Waals surface area contributed by atoms with Crippen LogP contribution in [0.15, 0.2) is 22.7 Å². The molecule has 1 heterocycles. The topological polar surface area (TPSA) is 43.4 Å². The number of hydrogen-bond acceptors (Lipinski definition) is 4. The van der Waals surface area contributed by atoms with Crippen LogP contribution in [-0.4, -0.2) is 18.7 Å². The Labute approximate surface area is 129 Å². The maximum absolute atomic E-state index is 12.3. The van der Waals surface area contributed by atoms with Gasteiger partial charge in [0.2, 0.25) is 0 Å². The number of fused-ring (bicyclic) bond motifs is 1. The first-order valence-electron chi connectivity index (χ1n) is 6.33. The van der Waals surface area contributed by atoms with Crippen LogP contribution in [0.2, 0.25) is 0 Å². The zero-order valence-corrected chi connectivity index (χ0v) is 13.5. The predicted molar refractivity (Wildman–Crippen MR) is 82.7 cm³/mol. The number of methoxy groups -OCH3 is 1. The van der Waals surface area contributed by atoms with Gasteiger partial charge in [-0.15, -0.1) is 11.3 Å². The predicted octanol–water partition coefficient (Wildman–Crippen LogP) is 4.08. The normalized spacial score (nSPS) is 20.9. The molecule has 0 aliphatic heterocycles. The minimum absolute atomic E-state index is 0.0611. The zero-order chi connectivity index (χ0) is 14.4. The molecular formula is C15H13BrO3S. The van der Waals surface area contributed by atoms with E-state index in [2.05, 4.69) is 15.9 Å². The fourth-order valence-corrected chi connectivity index (χ4v) is 4.03. The van der Waals surface area contributed by atoms with E-state index in [4.69, 9.17) is 4.74 Å². The Morgan fingerprint density at radius 3 is 2.65 bits per heavy atom. The molecule has 1 aromatic heterocycles. The first-order chi connectivity index (χ1) is 9.51. The largest absolute Gasteiger partial charge is 0.496 e. The van der Waals surface area contributed by atoms with Gasteiger partial charge in [0, 0.05) is 16.5 Å². The van der Waals surface area contributed by atoms with E-state index in [1.165, 1.54) is 11.3 Å². The molecule has 3 nitrogen and oxygen atoms in total. The minimum atomic E-state index is -0.106. The highest BCUT2D eigenvalue weighted by atomic mass is 79.9. The number of carbonyl (C=O) groups is 2. The van der Waals surface area contributed by atoms with Crippen molar-refractivity contribution in [3.63, 3.8) is 0 Å². The van der Waals surface area contributed by atoms with Gasteiger partial charge in [-0.3, -0.25) is 9.59 Å². The Morgan fingerprint density at radius 2 is 2.05 bits per heavy atom. The van der Waals surface area contributed by atoms with E-state index >= 15 is 0 Å². The third-order valence-corrected chi connectivity index (χ3v) is 5.42. The highest BCUT2D eigenvalue weighted by Crippen LogP contribution is 2.44. The molecule has 0 N–H and O–H groups in total. The molecule has 0 unspecified atom stereocenters. The number of benzene rings is 1. The second-order valence-electron chi connectivity index (χ2n) is 5.06. The molecular weight excluding hydrogens is 340 g/mol. The second-order valence-corrected chi connectivity index (χ2v) is 7.00. The van der Waals surface area contributed by atoms with Crippen molar-refractivity contribution < 1.29 is 14.3 Å². The Balaban J connectivity index is 1.93. The lowest BCUT2D eigenvalue weighted by Gasteiger charge is -2.01. The Kier molecular flexibility index (Phi) is 3.42. The van der Waals surface area contributed by atoms with E-state index in [-0.39, 0.29) is 23.4 Å². The molecule has 0 bridgehead atoms. The first-order valence-corrected chi connectivity index (χ1v) is 7.94. The monoisotopic (exact) mass is 352 g/mol. The van der Waals surface area contributed by atoms with Crippen LogP contribution in [0.4, 0.5) is 0 Å². The van der Waals surface area contributed by atoms with Crippen molar-refractivity contribution in [2.75, 3.05) is 7.11 Å². The number of halogens is 1. The van der Waals surface area contributed by atoms with Gasteiger partial charge in [-0.25, -0.2) is 0 Å². The summed E-state index contributed by atoms with van der Waals surface area (Å²) in [5, 5.41) is 1.02. The number of Topliss-reactive ketones (excluding diaryl/α,β-unsaturated/α-hetero) is 2. The second kappa shape index (κ2) is 4.97. The highest BCUT2D eigenvalue weighted by molar-refractivity contribution is 9.10. The Bertz CT molecular complexity index is 719. The molecule has 1 aromatic carbocycles. The van der Waals surface area contributed by atoms with Crippen LogP contribution in [0, 0.1) is 11.8 Å². The Morgan fingerprint density at radius 1 is 1.30 bits per heavy atom. The number of hydrogen-bond donors (Lipinski definition) is 0. The third-order valence-electron chi connectivity index (χ3n) is 3.68. The van der Waals surface area contributed by atoms with Gasteiger partial charge in [0.25, 0.3) is 0 Å². The van der Waals surface area contributed by atoms with Gasteiger partial charge in [0.15, 0.2) is 5.78 Å². The van der Waals surface area contributed by atoms with Crippen molar-refractivity contribution >= 4 is 48.9 Å². The van der Waals surface area contributed by atoms with Gasteiger partial charge in [0.05, 0.1) is 16.5 Å². The molecule has 2 aromatic rings. The molecule has 0 spiro atoms. The molecule has 20 heavy (non-hydrogen) atoms. The average Bonchev–Trinajstić information content (AvgIpc) is 3.11. The Hall–Kier alpha value is -1.20. The molecule has 1 fully saturated rings. The van der Waals surface area contributed by atoms with E-state index in [9.17, 15) is 9.59 Å². The van der Waals surface area contributed by atoms with Crippen LogP contribution >= 0.6 is 27.3 Å². The molecule has 0 saturated heterocycles. The fraction of sp³-hybridized carbons (Fsp3) is 0.333. The molecule has 0 amide bonds. The molecule has 104 valence electrons. The molecule has 1 aliphatic carbocycles. The van der Waals surface area contributed by atoms with E-state index < -0.39 is 0 Å². The molecule has 1 aliphatic rings. The molecule has 0 radical (unpaired) electrons. The fourth-order valence-electron chi connectivity index (χ4n) is 2.44. The lowest BCUT2D eigenvalue weighted by atomic mass is 10.1. The third kappa shape index (κ3) is 2.29. The number of thiophene rings is 1. The van der Waals surface area contributed by atoms with Crippen LogP contribution in [-0.2, 0) is 4.79 Å². The van der Waals surface area contributed by atoms with Gasteiger partial charge >= 0.3 is 0 Å². The van der Waals surface area contributed by atoms with Gasteiger partial charge in [-0.2, -0.15) is 0 Å². The summed E-state index contributed by atoms with van der Waals surface area (Å²) in [5.41, 5.74) is 0. The maximum Gasteiger partial charge on any atom is 0.176 e. The maximum atomic E-state index is 12.3. The summed E-state index contributed by atoms with van der Waals surface area (Å²) in [7, 11) is 1.62. The van der Waals surface area contributed by atoms with Gasteiger partial charge < -0.3 is 4.74 Å². The lowest BCUT2D eigenvalue weighted by Crippen LogP contribution is -2.04. The summed E-state index contributed by atoms with van der Waals surface area (Å²) in [5.74, 6) is 0.807. The SMILES string of the molecule is COc1cc2sc(C(=O)[C@@H]3C[C@@H]3C(C)=O)cc2cc1Br. The smallest absolute Gasteiger partial charge is 0.176 e. The summed E-state index contributed by atoms with van der Waals surface area (Å²) in [6.07, 6.45) is 0.704. The van der Waals surface area contributed by atoms with E-state index in [0.29, 0.717) is 6.42 Å². The van der Waals surface area contributed by atoms with E-state index in [1.54, 1.807) is 14.0 Å². The summed E-state index contributed by atoms with van der Waals surface area (Å²) >= 11 is 4.91. The van der Waals surface area contributed by atoms with Crippen molar-refractivity contribution in [1.29, 1.82) is 0 Å². The summed E-state index contributed by atoms with van der Waals surface area (Å²) in [4.78, 5) is 24.4. The standard InChI is InChI=1S/C15H13BrO3S/c1-7(17)9-5-10(9)15(18)14-4-8-3-11(16)12(19-2)6-13(8)20-14/h3-4,6,9-10H,5H2,1-2H3/t9-,10-/m1/s1. The lowest BCUT2D eigenvalue weighted by molar-refractivity contribution is -0.118. The van der Waals surface area contributed by atoms with Crippen molar-refractivity contribution in [3.05, 3.63) is 27.5 Å². The van der Waals surface area contributed by atoms with Crippen LogP contribution in [0.5, 0.6) is 5.75 Å². The van der Waals surface area contributed by atoms with E-state index in [1.807, 2.05) is 18.2 Å². The van der Waals surface area contributed by atoms with Crippen LogP contribution in [0.1, 0.15) is 23.0 Å². The van der Waals surface area contributed by atoms with Gasteiger partial charge in [-0.05, 0) is 52.9 Å². The molecule has 5 heteroatoms.